The molecule has 0 bridgehead atoms. The van der Waals surface area contributed by atoms with E-state index in [-0.39, 0.29) is 5.56 Å². The van der Waals surface area contributed by atoms with Crippen molar-refractivity contribution in [1.29, 1.82) is 0 Å². The monoisotopic (exact) mass is 406 g/mol. The second-order valence-electron chi connectivity index (χ2n) is 6.65. The molecule has 30 heavy (non-hydrogen) atoms. The van der Waals surface area contributed by atoms with Crippen LogP contribution in [0.25, 0.3) is 5.69 Å². The fraction of sp³-hybridized carbons (Fsp3) is 0.182. The fourth-order valence-electron chi connectivity index (χ4n) is 2.94. The Bertz CT molecular complexity index is 1060. The summed E-state index contributed by atoms with van der Waals surface area (Å²) in [5.41, 5.74) is 3.39. The van der Waals surface area contributed by atoms with Crippen LogP contribution in [0, 0.1) is 13.8 Å². The Hall–Kier alpha value is -3.94. The lowest BCUT2D eigenvalue weighted by atomic mass is 10.1. The number of nitrogens with zero attached hydrogens (tertiary/aromatic N) is 2. The van der Waals surface area contributed by atoms with Gasteiger partial charge in [-0.15, -0.1) is 0 Å². The number of nitrogens with one attached hydrogen (secondary N) is 2. The van der Waals surface area contributed by atoms with Gasteiger partial charge in [0.25, 0.3) is 5.91 Å². The fourth-order valence-corrected chi connectivity index (χ4v) is 2.94. The van der Waals surface area contributed by atoms with Crippen LogP contribution in [0.5, 0.6) is 0 Å². The number of aromatic nitrogens is 2. The first-order chi connectivity index (χ1) is 14.4. The lowest BCUT2D eigenvalue weighted by molar-refractivity contribution is -0.129. The van der Waals surface area contributed by atoms with E-state index in [0.29, 0.717) is 5.56 Å². The van der Waals surface area contributed by atoms with Gasteiger partial charge < -0.3 is 10.1 Å². The van der Waals surface area contributed by atoms with E-state index in [0.717, 1.165) is 17.1 Å². The summed E-state index contributed by atoms with van der Waals surface area (Å²) < 4.78 is 7.22. The SMILES string of the molecule is CNC(=O)NC(=O)[C@H](OC(=O)c1ccc(-n2nc(C)cc2C)cc1)c1ccccc1. The Morgan fingerprint density at radius 3 is 2.23 bits per heavy atom. The number of carbonyl (C=O) groups is 3. The van der Waals surface area contributed by atoms with Crippen molar-refractivity contribution in [2.24, 2.45) is 0 Å². The zero-order chi connectivity index (χ0) is 21.7. The van der Waals surface area contributed by atoms with Gasteiger partial charge in [-0.05, 0) is 44.2 Å². The normalized spacial score (nSPS) is 11.4. The van der Waals surface area contributed by atoms with Gasteiger partial charge in [0.2, 0.25) is 6.10 Å². The minimum Gasteiger partial charge on any atom is -0.444 e. The number of carbonyl (C=O) groups excluding carboxylic acids is 3. The van der Waals surface area contributed by atoms with Gasteiger partial charge in [-0.25, -0.2) is 14.3 Å². The molecule has 0 aliphatic rings. The highest BCUT2D eigenvalue weighted by molar-refractivity contribution is 5.99. The van der Waals surface area contributed by atoms with Crippen LogP contribution in [0.15, 0.2) is 60.7 Å². The van der Waals surface area contributed by atoms with Crippen LogP contribution >= 0.6 is 0 Å². The van der Waals surface area contributed by atoms with E-state index in [9.17, 15) is 14.4 Å². The number of imide groups is 1. The zero-order valence-electron chi connectivity index (χ0n) is 16.9. The number of esters is 1. The lowest BCUT2D eigenvalue weighted by Crippen LogP contribution is -2.41. The molecule has 3 rings (SSSR count). The Kier molecular flexibility index (Phi) is 6.26. The molecule has 8 heteroatoms. The number of hydrogen-bond acceptors (Lipinski definition) is 5. The maximum atomic E-state index is 12.7. The Morgan fingerprint density at radius 2 is 1.67 bits per heavy atom. The van der Waals surface area contributed by atoms with E-state index < -0.39 is 24.0 Å². The van der Waals surface area contributed by atoms with E-state index in [1.807, 2.05) is 19.9 Å². The summed E-state index contributed by atoms with van der Waals surface area (Å²) in [4.78, 5) is 36.7. The van der Waals surface area contributed by atoms with E-state index in [1.54, 1.807) is 59.3 Å². The molecule has 154 valence electrons. The molecular formula is C22H22N4O4. The molecule has 0 fully saturated rings. The first-order valence-electron chi connectivity index (χ1n) is 9.31. The number of amides is 3. The van der Waals surface area contributed by atoms with Gasteiger partial charge in [-0.3, -0.25) is 10.1 Å². The van der Waals surface area contributed by atoms with Crippen molar-refractivity contribution in [2.45, 2.75) is 20.0 Å². The average molecular weight is 406 g/mol. The summed E-state index contributed by atoms with van der Waals surface area (Å²) in [6, 6.07) is 16.5. The second-order valence-corrected chi connectivity index (χ2v) is 6.65. The molecule has 0 aliphatic carbocycles. The highest BCUT2D eigenvalue weighted by Gasteiger charge is 2.27. The van der Waals surface area contributed by atoms with Crippen LogP contribution in [-0.2, 0) is 9.53 Å². The molecule has 1 atom stereocenters. The van der Waals surface area contributed by atoms with Crippen molar-refractivity contribution in [3.8, 4) is 5.69 Å². The highest BCUT2D eigenvalue weighted by Crippen LogP contribution is 2.20. The molecule has 2 aromatic carbocycles. The van der Waals surface area contributed by atoms with Gasteiger partial charge >= 0.3 is 12.0 Å². The maximum Gasteiger partial charge on any atom is 0.339 e. The third-order valence-corrected chi connectivity index (χ3v) is 4.39. The predicted octanol–water partition coefficient (Wildman–Crippen LogP) is 2.84. The molecular weight excluding hydrogens is 384 g/mol. The van der Waals surface area contributed by atoms with E-state index in [1.165, 1.54) is 7.05 Å². The highest BCUT2D eigenvalue weighted by atomic mass is 16.5. The molecule has 0 saturated carbocycles. The van der Waals surface area contributed by atoms with Gasteiger partial charge in [0, 0.05) is 18.3 Å². The minimum absolute atomic E-state index is 0.272. The third kappa shape index (κ3) is 4.72. The van der Waals surface area contributed by atoms with Crippen LogP contribution in [0.3, 0.4) is 0 Å². The number of urea groups is 1. The van der Waals surface area contributed by atoms with E-state index in [2.05, 4.69) is 15.7 Å². The second kappa shape index (κ2) is 9.04. The molecule has 0 saturated heterocycles. The van der Waals surface area contributed by atoms with Crippen molar-refractivity contribution in [3.05, 3.63) is 83.2 Å². The summed E-state index contributed by atoms with van der Waals surface area (Å²) >= 11 is 0. The van der Waals surface area contributed by atoms with Crippen molar-refractivity contribution in [1.82, 2.24) is 20.4 Å². The van der Waals surface area contributed by atoms with Crippen molar-refractivity contribution in [2.75, 3.05) is 7.05 Å². The van der Waals surface area contributed by atoms with E-state index >= 15 is 0 Å². The Labute approximate surface area is 173 Å². The summed E-state index contributed by atoms with van der Waals surface area (Å²) in [5.74, 6) is -1.43. The number of rotatable bonds is 5. The molecule has 3 amide bonds. The summed E-state index contributed by atoms with van der Waals surface area (Å²) in [6.07, 6.45) is -1.27. The van der Waals surface area contributed by atoms with E-state index in [4.69, 9.17) is 4.74 Å². The first-order valence-corrected chi connectivity index (χ1v) is 9.31. The van der Waals surface area contributed by atoms with Gasteiger partial charge in [-0.2, -0.15) is 5.10 Å². The number of hydrogen-bond donors (Lipinski definition) is 2. The topological polar surface area (TPSA) is 102 Å². The minimum atomic E-state index is -1.27. The lowest BCUT2D eigenvalue weighted by Gasteiger charge is -2.17. The molecule has 0 spiro atoms. The molecule has 0 radical (unpaired) electrons. The molecule has 1 aromatic heterocycles. The quantitative estimate of drug-likeness (QED) is 0.635. The molecule has 8 nitrogen and oxygen atoms in total. The number of benzene rings is 2. The summed E-state index contributed by atoms with van der Waals surface area (Å²) in [7, 11) is 1.39. The van der Waals surface area contributed by atoms with Crippen LogP contribution in [0.4, 0.5) is 4.79 Å². The third-order valence-electron chi connectivity index (χ3n) is 4.39. The smallest absolute Gasteiger partial charge is 0.339 e. The largest absolute Gasteiger partial charge is 0.444 e. The predicted molar refractivity (Wildman–Crippen MR) is 110 cm³/mol. The summed E-state index contributed by atoms with van der Waals surface area (Å²) in [6.45, 7) is 3.85. The van der Waals surface area contributed by atoms with Crippen LogP contribution in [0.2, 0.25) is 0 Å². The molecule has 3 aromatic rings. The van der Waals surface area contributed by atoms with Crippen LogP contribution in [-0.4, -0.2) is 34.7 Å². The molecule has 0 unspecified atom stereocenters. The molecule has 0 aliphatic heterocycles. The van der Waals surface area contributed by atoms with Gasteiger partial charge in [-0.1, -0.05) is 30.3 Å². The Balaban J connectivity index is 1.80. The Morgan fingerprint density at radius 1 is 1.00 bits per heavy atom. The maximum absolute atomic E-state index is 12.7. The molecule has 1 heterocycles. The van der Waals surface area contributed by atoms with Gasteiger partial charge in [0.1, 0.15) is 0 Å². The van der Waals surface area contributed by atoms with Crippen LogP contribution in [0.1, 0.15) is 33.4 Å². The summed E-state index contributed by atoms with van der Waals surface area (Å²) in [5, 5.41) is 8.85. The van der Waals surface area contributed by atoms with Gasteiger partial charge in [0.05, 0.1) is 16.9 Å². The van der Waals surface area contributed by atoms with Crippen molar-refractivity contribution < 1.29 is 19.1 Å². The van der Waals surface area contributed by atoms with Crippen molar-refractivity contribution >= 4 is 17.9 Å². The number of ether oxygens (including phenoxy) is 1. The van der Waals surface area contributed by atoms with Gasteiger partial charge in [0.15, 0.2) is 0 Å². The zero-order valence-corrected chi connectivity index (χ0v) is 16.9. The van der Waals surface area contributed by atoms with Crippen LogP contribution < -0.4 is 10.6 Å². The average Bonchev–Trinajstić information content (AvgIpc) is 3.10. The van der Waals surface area contributed by atoms with Crippen molar-refractivity contribution in [3.63, 3.8) is 0 Å². The first kappa shape index (κ1) is 20.8. The molecule has 2 N–H and O–H groups in total. The standard InChI is InChI=1S/C22H22N4O4/c1-14-13-15(2)26(25-14)18-11-9-17(10-12-18)21(28)30-19(16-7-5-4-6-8-16)20(27)24-22(29)23-3/h4-13,19H,1-3H3,(H2,23,24,27,29)/t19-/m1/s1. The number of aryl methyl sites for hydroxylation is 2.